The second-order valence-electron chi connectivity index (χ2n) is 5.04. The zero-order valence-corrected chi connectivity index (χ0v) is 14.4. The van der Waals surface area contributed by atoms with E-state index in [-0.39, 0.29) is 11.2 Å². The van der Waals surface area contributed by atoms with Gasteiger partial charge in [-0.15, -0.1) is 11.8 Å². The summed E-state index contributed by atoms with van der Waals surface area (Å²) >= 11 is 1.62. The fourth-order valence-electron chi connectivity index (χ4n) is 2.23. The highest BCUT2D eigenvalue weighted by atomic mass is 32.2. The summed E-state index contributed by atoms with van der Waals surface area (Å²) in [5, 5.41) is 0.0424. The van der Waals surface area contributed by atoms with Gasteiger partial charge >= 0.3 is 5.97 Å². The van der Waals surface area contributed by atoms with Gasteiger partial charge in [0, 0.05) is 22.6 Å². The molecule has 2 rings (SSSR count). The standard InChI is InChI=1S/C20H20O3S/c1-2-23-20(22)13-12-17-10-6-7-11-18(17)24-19(14-15-21)16-8-4-3-5-9-16/h3-13,15,19H,2,14H2,1H3/b13-12+/t19-/m0/s1. The molecule has 0 unspecified atom stereocenters. The van der Waals surface area contributed by atoms with Gasteiger partial charge in [0.2, 0.25) is 0 Å². The summed E-state index contributed by atoms with van der Waals surface area (Å²) in [4.78, 5) is 23.6. The SMILES string of the molecule is CCOC(=O)/C=C/c1ccccc1S[C@@H](CC=O)c1ccccc1. The molecule has 0 aliphatic heterocycles. The zero-order valence-electron chi connectivity index (χ0n) is 13.6. The molecule has 0 bridgehead atoms. The van der Waals surface area contributed by atoms with Crippen LogP contribution < -0.4 is 0 Å². The Morgan fingerprint density at radius 3 is 2.54 bits per heavy atom. The van der Waals surface area contributed by atoms with E-state index >= 15 is 0 Å². The summed E-state index contributed by atoms with van der Waals surface area (Å²) in [6, 6.07) is 17.8. The number of benzene rings is 2. The van der Waals surface area contributed by atoms with Gasteiger partial charge in [0.25, 0.3) is 0 Å². The lowest BCUT2D eigenvalue weighted by molar-refractivity contribution is -0.137. The van der Waals surface area contributed by atoms with Gasteiger partial charge in [0.15, 0.2) is 0 Å². The van der Waals surface area contributed by atoms with Crippen molar-refractivity contribution < 1.29 is 14.3 Å². The third-order valence-corrected chi connectivity index (χ3v) is 4.73. The number of hydrogen-bond acceptors (Lipinski definition) is 4. The molecule has 0 spiro atoms. The summed E-state index contributed by atoms with van der Waals surface area (Å²) in [6.45, 7) is 2.13. The molecule has 0 aromatic heterocycles. The highest BCUT2D eigenvalue weighted by Gasteiger charge is 2.14. The number of rotatable bonds is 8. The van der Waals surface area contributed by atoms with E-state index in [0.717, 1.165) is 22.3 Å². The Kier molecular flexibility index (Phi) is 7.30. The van der Waals surface area contributed by atoms with Crippen molar-refractivity contribution in [1.82, 2.24) is 0 Å². The van der Waals surface area contributed by atoms with E-state index in [4.69, 9.17) is 4.74 Å². The summed E-state index contributed by atoms with van der Waals surface area (Å²) in [6.07, 6.45) is 4.57. The molecule has 2 aromatic rings. The van der Waals surface area contributed by atoms with Gasteiger partial charge in [-0.05, 0) is 30.2 Å². The first-order chi connectivity index (χ1) is 11.7. The molecule has 24 heavy (non-hydrogen) atoms. The molecule has 0 aliphatic rings. The van der Waals surface area contributed by atoms with Gasteiger partial charge in [-0.25, -0.2) is 4.79 Å². The van der Waals surface area contributed by atoms with Crippen LogP contribution in [0.5, 0.6) is 0 Å². The van der Waals surface area contributed by atoms with Gasteiger partial charge in [0.1, 0.15) is 6.29 Å². The minimum atomic E-state index is -0.357. The number of ether oxygens (including phenoxy) is 1. The fraction of sp³-hybridized carbons (Fsp3) is 0.200. The molecule has 0 heterocycles. The van der Waals surface area contributed by atoms with Crippen molar-refractivity contribution in [3.8, 4) is 0 Å². The van der Waals surface area contributed by atoms with E-state index in [9.17, 15) is 9.59 Å². The van der Waals surface area contributed by atoms with Gasteiger partial charge in [0.05, 0.1) is 6.61 Å². The van der Waals surface area contributed by atoms with Gasteiger partial charge in [-0.3, -0.25) is 0 Å². The molecule has 124 valence electrons. The zero-order chi connectivity index (χ0) is 17.2. The van der Waals surface area contributed by atoms with Crippen LogP contribution in [0.2, 0.25) is 0 Å². The smallest absolute Gasteiger partial charge is 0.330 e. The maximum atomic E-state index is 11.5. The molecule has 0 saturated heterocycles. The molecule has 2 aromatic carbocycles. The predicted molar refractivity (Wildman–Crippen MR) is 97.8 cm³/mol. The second kappa shape index (κ2) is 9.73. The van der Waals surface area contributed by atoms with Crippen molar-refractivity contribution in [1.29, 1.82) is 0 Å². The van der Waals surface area contributed by atoms with Gasteiger partial charge in [-0.2, -0.15) is 0 Å². The number of hydrogen-bond donors (Lipinski definition) is 0. The van der Waals surface area contributed by atoms with Crippen LogP contribution in [0.4, 0.5) is 0 Å². The maximum Gasteiger partial charge on any atom is 0.330 e. The van der Waals surface area contributed by atoms with Crippen molar-refractivity contribution in [2.24, 2.45) is 0 Å². The monoisotopic (exact) mass is 340 g/mol. The molecule has 4 heteroatoms. The average Bonchev–Trinajstić information content (AvgIpc) is 2.61. The van der Waals surface area contributed by atoms with Crippen LogP contribution in [0.25, 0.3) is 6.08 Å². The van der Waals surface area contributed by atoms with E-state index in [0.29, 0.717) is 13.0 Å². The second-order valence-corrected chi connectivity index (χ2v) is 6.29. The first kappa shape index (κ1) is 18.0. The third-order valence-electron chi connectivity index (χ3n) is 3.36. The Bertz CT molecular complexity index is 695. The van der Waals surface area contributed by atoms with Crippen LogP contribution >= 0.6 is 11.8 Å². The van der Waals surface area contributed by atoms with Crippen molar-refractivity contribution in [3.05, 3.63) is 71.8 Å². The normalized spacial score (nSPS) is 12.0. The Hall–Kier alpha value is -2.33. The lowest BCUT2D eigenvalue weighted by atomic mass is 10.1. The van der Waals surface area contributed by atoms with E-state index in [1.165, 1.54) is 6.08 Å². The Morgan fingerprint density at radius 2 is 1.83 bits per heavy atom. The van der Waals surface area contributed by atoms with Crippen LogP contribution in [0.3, 0.4) is 0 Å². The maximum absolute atomic E-state index is 11.5. The number of thioether (sulfide) groups is 1. The van der Waals surface area contributed by atoms with Crippen LogP contribution in [0, 0.1) is 0 Å². The molecule has 0 amide bonds. The highest BCUT2D eigenvalue weighted by molar-refractivity contribution is 7.99. The topological polar surface area (TPSA) is 43.4 Å². The first-order valence-corrected chi connectivity index (χ1v) is 8.71. The molecule has 0 fully saturated rings. The number of carbonyl (C=O) groups excluding carboxylic acids is 2. The highest BCUT2D eigenvalue weighted by Crippen LogP contribution is 2.39. The molecule has 0 radical (unpaired) electrons. The summed E-state index contributed by atoms with van der Waals surface area (Å²) in [5.41, 5.74) is 2.04. The predicted octanol–water partition coefficient (Wildman–Crippen LogP) is 4.69. The molecule has 0 N–H and O–H groups in total. The van der Waals surface area contributed by atoms with Gasteiger partial charge < -0.3 is 9.53 Å². The molecule has 1 atom stereocenters. The molecular weight excluding hydrogens is 320 g/mol. The lowest BCUT2D eigenvalue weighted by Gasteiger charge is -2.16. The average molecular weight is 340 g/mol. The number of aldehydes is 1. The van der Waals surface area contributed by atoms with E-state index in [1.54, 1.807) is 24.8 Å². The van der Waals surface area contributed by atoms with Crippen LogP contribution in [0.1, 0.15) is 29.7 Å². The van der Waals surface area contributed by atoms with Crippen LogP contribution in [-0.4, -0.2) is 18.9 Å². The van der Waals surface area contributed by atoms with E-state index in [1.807, 2.05) is 54.6 Å². The summed E-state index contributed by atoms with van der Waals surface area (Å²) in [5.74, 6) is -0.357. The molecular formula is C20H20O3S. The van der Waals surface area contributed by atoms with Gasteiger partial charge in [-0.1, -0.05) is 48.5 Å². The first-order valence-electron chi connectivity index (χ1n) is 7.83. The van der Waals surface area contributed by atoms with Crippen LogP contribution in [-0.2, 0) is 14.3 Å². The van der Waals surface area contributed by atoms with Crippen molar-refractivity contribution in [2.75, 3.05) is 6.61 Å². The van der Waals surface area contributed by atoms with E-state index < -0.39 is 0 Å². The third kappa shape index (κ3) is 5.39. The van der Waals surface area contributed by atoms with Crippen LogP contribution in [0.15, 0.2) is 65.6 Å². The molecule has 3 nitrogen and oxygen atoms in total. The summed E-state index contributed by atoms with van der Waals surface area (Å²) < 4.78 is 4.91. The Labute approximate surface area is 146 Å². The largest absolute Gasteiger partial charge is 0.463 e. The fourth-order valence-corrected chi connectivity index (χ4v) is 3.44. The lowest BCUT2D eigenvalue weighted by Crippen LogP contribution is -1.99. The molecule has 0 saturated carbocycles. The Morgan fingerprint density at radius 1 is 1.12 bits per heavy atom. The van der Waals surface area contributed by atoms with Crippen molar-refractivity contribution >= 4 is 30.1 Å². The molecule has 0 aliphatic carbocycles. The Balaban J connectivity index is 2.21. The minimum absolute atomic E-state index is 0.0424. The number of carbonyl (C=O) groups is 2. The van der Waals surface area contributed by atoms with E-state index in [2.05, 4.69) is 0 Å². The van der Waals surface area contributed by atoms with Crippen molar-refractivity contribution in [2.45, 2.75) is 23.5 Å². The number of esters is 1. The van der Waals surface area contributed by atoms with Crippen molar-refractivity contribution in [3.63, 3.8) is 0 Å². The quantitative estimate of drug-likeness (QED) is 0.303. The minimum Gasteiger partial charge on any atom is -0.463 e. The summed E-state index contributed by atoms with van der Waals surface area (Å²) in [7, 11) is 0.